The Balaban J connectivity index is 2.65. The zero-order chi connectivity index (χ0) is 9.54. The van der Waals surface area contributed by atoms with Crippen LogP contribution in [0.2, 0.25) is 0 Å². The molecule has 0 bridgehead atoms. The van der Waals surface area contributed by atoms with Crippen LogP contribution < -0.4 is 0 Å². The molecule has 62 valence electrons. The van der Waals surface area contributed by atoms with Crippen LogP contribution in [0.5, 0.6) is 0 Å². The molecule has 0 aliphatic rings. The first-order chi connectivity index (χ1) is 6.86. The van der Waals surface area contributed by atoms with Crippen LogP contribution in [0.1, 0.15) is 1.37 Å². The second-order valence-corrected chi connectivity index (χ2v) is 4.09. The summed E-state index contributed by atoms with van der Waals surface area (Å²) in [4.78, 5) is 0. The maximum Gasteiger partial charge on any atom is 0.0630 e. The van der Waals surface area contributed by atoms with Crippen LogP contribution in [0.15, 0.2) is 48.5 Å². The van der Waals surface area contributed by atoms with E-state index in [4.69, 9.17) is 1.37 Å². The molecule has 0 atom stereocenters. The molecule has 2 aromatic carbocycles. The summed E-state index contributed by atoms with van der Waals surface area (Å²) in [5.74, 6) is 0. The highest BCUT2D eigenvalue weighted by Gasteiger charge is 2.01. The number of rotatable bonds is 0. The molecule has 0 nitrogen and oxygen atoms in total. The number of thiophene rings is 1. The largest absolute Gasteiger partial charge is 0.135 e. The van der Waals surface area contributed by atoms with E-state index in [-0.39, 0.29) is 0 Å². The highest BCUT2D eigenvalue weighted by molar-refractivity contribution is 7.25. The Hall–Kier alpha value is -1.34. The smallest absolute Gasteiger partial charge is 0.0630 e. The van der Waals surface area contributed by atoms with Crippen LogP contribution in [0.3, 0.4) is 0 Å². The minimum atomic E-state index is 0.625. The average Bonchev–Trinajstić information content (AvgIpc) is 2.57. The molecule has 1 heteroatoms. The standard InChI is InChI=1S/C12H8S/c1-3-7-11-9(5-1)10-6-2-4-8-12(10)13-11/h1-8H/i5D. The monoisotopic (exact) mass is 185 g/mol. The van der Waals surface area contributed by atoms with Crippen molar-refractivity contribution < 1.29 is 1.37 Å². The highest BCUT2D eigenvalue weighted by atomic mass is 32.1. The molecule has 0 saturated carbocycles. The Labute approximate surface area is 81.8 Å². The number of hydrogen-bond acceptors (Lipinski definition) is 1. The van der Waals surface area contributed by atoms with Gasteiger partial charge in [-0.1, -0.05) is 36.4 Å². The second-order valence-electron chi connectivity index (χ2n) is 3.01. The lowest BCUT2D eigenvalue weighted by molar-refractivity contribution is 1.84. The fourth-order valence-corrected chi connectivity index (χ4v) is 2.68. The Bertz CT molecular complexity index is 610. The zero-order valence-corrected chi connectivity index (χ0v) is 7.77. The topological polar surface area (TPSA) is 0 Å². The van der Waals surface area contributed by atoms with Crippen LogP contribution in [0.4, 0.5) is 0 Å². The van der Waals surface area contributed by atoms with Gasteiger partial charge in [-0.15, -0.1) is 11.3 Å². The molecule has 0 amide bonds. The van der Waals surface area contributed by atoms with Crippen molar-refractivity contribution in [3.8, 4) is 0 Å². The minimum Gasteiger partial charge on any atom is -0.135 e. The lowest BCUT2D eigenvalue weighted by Crippen LogP contribution is -1.62. The second kappa shape index (κ2) is 2.57. The van der Waals surface area contributed by atoms with Gasteiger partial charge in [-0.3, -0.25) is 0 Å². The van der Waals surface area contributed by atoms with E-state index in [1.165, 1.54) is 14.8 Å². The van der Waals surface area contributed by atoms with E-state index in [1.807, 2.05) is 24.3 Å². The van der Waals surface area contributed by atoms with Crippen molar-refractivity contribution in [2.24, 2.45) is 0 Å². The molecule has 0 saturated heterocycles. The molecule has 0 aliphatic carbocycles. The zero-order valence-electron chi connectivity index (χ0n) is 7.95. The quantitative estimate of drug-likeness (QED) is 0.495. The summed E-state index contributed by atoms with van der Waals surface area (Å²) in [6.45, 7) is 0. The average molecular weight is 185 g/mol. The molecular formula is C12H8S. The van der Waals surface area contributed by atoms with E-state index >= 15 is 0 Å². The molecule has 1 aromatic heterocycles. The van der Waals surface area contributed by atoms with Crippen LogP contribution in [-0.2, 0) is 0 Å². The number of fused-ring (bicyclic) bond motifs is 3. The van der Waals surface area contributed by atoms with Crippen molar-refractivity contribution in [2.45, 2.75) is 0 Å². The fraction of sp³-hybridized carbons (Fsp3) is 0. The lowest BCUT2D eigenvalue weighted by atomic mass is 10.2. The van der Waals surface area contributed by atoms with Crippen LogP contribution in [-0.4, -0.2) is 0 Å². The van der Waals surface area contributed by atoms with Gasteiger partial charge in [0.05, 0.1) is 1.37 Å². The summed E-state index contributed by atoms with van der Waals surface area (Å²) in [5.41, 5.74) is 0. The van der Waals surface area contributed by atoms with Crippen molar-refractivity contribution >= 4 is 31.5 Å². The molecule has 1 heterocycles. The van der Waals surface area contributed by atoms with E-state index < -0.39 is 0 Å². The molecule has 0 fully saturated rings. The van der Waals surface area contributed by atoms with E-state index in [0.29, 0.717) is 6.04 Å². The Kier molecular flexibility index (Phi) is 1.22. The normalized spacial score (nSPS) is 12.2. The Morgan fingerprint density at radius 1 is 0.846 bits per heavy atom. The Morgan fingerprint density at radius 2 is 1.54 bits per heavy atom. The lowest BCUT2D eigenvalue weighted by Gasteiger charge is -1.88. The molecular weight excluding hydrogens is 176 g/mol. The van der Waals surface area contributed by atoms with Gasteiger partial charge in [-0.25, -0.2) is 0 Å². The summed E-state index contributed by atoms with van der Waals surface area (Å²) in [6, 6.07) is 14.8. The molecule has 0 N–H and O–H groups in total. The molecule has 13 heavy (non-hydrogen) atoms. The molecule has 0 unspecified atom stereocenters. The van der Waals surface area contributed by atoms with Crippen LogP contribution in [0, 0.1) is 0 Å². The van der Waals surface area contributed by atoms with Gasteiger partial charge in [0.25, 0.3) is 0 Å². The van der Waals surface area contributed by atoms with Crippen molar-refractivity contribution in [1.82, 2.24) is 0 Å². The summed E-state index contributed by atoms with van der Waals surface area (Å²) >= 11 is 1.76. The Morgan fingerprint density at radius 3 is 2.46 bits per heavy atom. The van der Waals surface area contributed by atoms with Gasteiger partial charge >= 0.3 is 0 Å². The van der Waals surface area contributed by atoms with Crippen LogP contribution >= 0.6 is 11.3 Å². The molecule has 0 spiro atoms. The first-order valence-electron chi connectivity index (χ1n) is 4.73. The van der Waals surface area contributed by atoms with E-state index in [0.717, 1.165) is 5.39 Å². The van der Waals surface area contributed by atoms with Gasteiger partial charge in [-0.2, -0.15) is 0 Å². The maximum absolute atomic E-state index is 7.87. The third kappa shape index (κ3) is 0.973. The number of hydrogen-bond donors (Lipinski definition) is 0. The minimum absolute atomic E-state index is 0.625. The van der Waals surface area contributed by atoms with Crippen LogP contribution in [0.25, 0.3) is 20.2 Å². The van der Waals surface area contributed by atoms with Gasteiger partial charge < -0.3 is 0 Å². The predicted octanol–water partition coefficient (Wildman–Crippen LogP) is 4.05. The number of benzene rings is 2. The maximum atomic E-state index is 7.87. The van der Waals surface area contributed by atoms with E-state index in [2.05, 4.69) is 18.2 Å². The van der Waals surface area contributed by atoms with Gasteiger partial charge in [0.15, 0.2) is 0 Å². The molecule has 0 aliphatic heterocycles. The third-order valence-corrected chi connectivity index (χ3v) is 3.33. The van der Waals surface area contributed by atoms with Crippen molar-refractivity contribution in [3.05, 3.63) is 48.5 Å². The summed E-state index contributed by atoms with van der Waals surface area (Å²) < 4.78 is 10.3. The predicted molar refractivity (Wildman–Crippen MR) is 59.3 cm³/mol. The van der Waals surface area contributed by atoms with Gasteiger partial charge in [-0.05, 0) is 12.1 Å². The van der Waals surface area contributed by atoms with Crippen molar-refractivity contribution in [2.75, 3.05) is 0 Å². The molecule has 0 radical (unpaired) electrons. The summed E-state index contributed by atoms with van der Waals surface area (Å²) in [6.07, 6.45) is 0. The van der Waals surface area contributed by atoms with Crippen molar-refractivity contribution in [3.63, 3.8) is 0 Å². The van der Waals surface area contributed by atoms with Gasteiger partial charge in [0.2, 0.25) is 0 Å². The molecule has 3 rings (SSSR count). The van der Waals surface area contributed by atoms with Gasteiger partial charge in [0.1, 0.15) is 0 Å². The molecule has 3 aromatic rings. The summed E-state index contributed by atoms with van der Waals surface area (Å²) in [5, 5.41) is 2.30. The first-order valence-corrected chi connectivity index (χ1v) is 5.05. The van der Waals surface area contributed by atoms with Gasteiger partial charge in [0, 0.05) is 20.2 Å². The first kappa shape index (κ1) is 6.17. The highest BCUT2D eigenvalue weighted by Crippen LogP contribution is 2.32. The third-order valence-electron chi connectivity index (χ3n) is 2.19. The SMILES string of the molecule is [2H]c1cccc2sc3ccccc3c12. The fourth-order valence-electron chi connectivity index (χ4n) is 1.60. The summed E-state index contributed by atoms with van der Waals surface area (Å²) in [7, 11) is 0. The van der Waals surface area contributed by atoms with E-state index in [9.17, 15) is 0 Å². The van der Waals surface area contributed by atoms with Crippen molar-refractivity contribution in [1.29, 1.82) is 0 Å². The van der Waals surface area contributed by atoms with E-state index in [1.54, 1.807) is 11.3 Å².